The van der Waals surface area contributed by atoms with Gasteiger partial charge in [-0.05, 0) is 30.9 Å². The highest BCUT2D eigenvalue weighted by molar-refractivity contribution is 7.98. The van der Waals surface area contributed by atoms with Gasteiger partial charge in [0.25, 0.3) is 0 Å². The lowest BCUT2D eigenvalue weighted by Gasteiger charge is -2.25. The Morgan fingerprint density at radius 1 is 1.36 bits per heavy atom. The van der Waals surface area contributed by atoms with Gasteiger partial charge in [0.1, 0.15) is 5.82 Å². The molecule has 1 aromatic rings. The maximum atomic E-state index is 13.4. The number of nitrogens with one attached hydrogen (secondary N) is 1. The number of thioether (sulfide) groups is 1. The SMILES string of the molecule is Cl.NC1CCCC(C(=O)NCCSCc2ccccc2F)C1. The fraction of sp³-hybridized carbons (Fsp3) is 0.562. The van der Waals surface area contributed by atoms with Crippen LogP contribution in [-0.4, -0.2) is 24.2 Å². The number of carbonyl (C=O) groups is 1. The maximum Gasteiger partial charge on any atom is 0.223 e. The van der Waals surface area contributed by atoms with E-state index in [0.29, 0.717) is 17.9 Å². The molecule has 0 bridgehead atoms. The molecule has 1 fully saturated rings. The monoisotopic (exact) mass is 346 g/mol. The van der Waals surface area contributed by atoms with Crippen LogP contribution in [0.4, 0.5) is 4.39 Å². The summed E-state index contributed by atoms with van der Waals surface area (Å²) in [5.41, 5.74) is 6.61. The first kappa shape index (κ1) is 19.3. The van der Waals surface area contributed by atoms with Gasteiger partial charge in [0.15, 0.2) is 0 Å². The van der Waals surface area contributed by atoms with Gasteiger partial charge in [-0.2, -0.15) is 11.8 Å². The van der Waals surface area contributed by atoms with Gasteiger partial charge in [-0.1, -0.05) is 24.6 Å². The van der Waals surface area contributed by atoms with Crippen molar-refractivity contribution in [2.75, 3.05) is 12.3 Å². The van der Waals surface area contributed by atoms with Crippen LogP contribution < -0.4 is 11.1 Å². The van der Waals surface area contributed by atoms with Gasteiger partial charge >= 0.3 is 0 Å². The van der Waals surface area contributed by atoms with Crippen LogP contribution in [0, 0.1) is 11.7 Å². The Labute approximate surface area is 142 Å². The third-order valence-corrected chi connectivity index (χ3v) is 4.85. The lowest BCUT2D eigenvalue weighted by molar-refractivity contribution is -0.125. The van der Waals surface area contributed by atoms with Crippen molar-refractivity contribution in [1.82, 2.24) is 5.32 Å². The van der Waals surface area contributed by atoms with E-state index < -0.39 is 0 Å². The van der Waals surface area contributed by atoms with E-state index in [0.717, 1.165) is 31.4 Å². The number of carbonyl (C=O) groups excluding carboxylic acids is 1. The summed E-state index contributed by atoms with van der Waals surface area (Å²) in [6, 6.07) is 6.98. The Morgan fingerprint density at radius 3 is 2.86 bits per heavy atom. The number of hydrogen-bond donors (Lipinski definition) is 2. The Morgan fingerprint density at radius 2 is 2.14 bits per heavy atom. The van der Waals surface area contributed by atoms with Crippen LogP contribution >= 0.6 is 24.2 Å². The fourth-order valence-corrected chi connectivity index (χ4v) is 3.50. The fourth-order valence-electron chi connectivity index (χ4n) is 2.65. The summed E-state index contributed by atoms with van der Waals surface area (Å²) >= 11 is 1.63. The zero-order chi connectivity index (χ0) is 15.1. The van der Waals surface area contributed by atoms with Gasteiger partial charge in [-0.15, -0.1) is 12.4 Å². The predicted octanol–water partition coefficient (Wildman–Crippen LogP) is 3.11. The summed E-state index contributed by atoms with van der Waals surface area (Å²) < 4.78 is 13.4. The first-order chi connectivity index (χ1) is 10.2. The molecular weight excluding hydrogens is 323 g/mol. The van der Waals surface area contributed by atoms with Crippen LogP contribution in [0.1, 0.15) is 31.2 Å². The third-order valence-electron chi connectivity index (χ3n) is 3.85. The quantitative estimate of drug-likeness (QED) is 0.778. The highest BCUT2D eigenvalue weighted by Gasteiger charge is 2.24. The second kappa shape index (κ2) is 10.1. The van der Waals surface area contributed by atoms with E-state index in [9.17, 15) is 9.18 Å². The summed E-state index contributed by atoms with van der Waals surface area (Å²) in [4.78, 5) is 12.0. The first-order valence-corrected chi connectivity index (χ1v) is 8.66. The highest BCUT2D eigenvalue weighted by atomic mass is 35.5. The summed E-state index contributed by atoms with van der Waals surface area (Å²) in [6.07, 6.45) is 3.82. The third kappa shape index (κ3) is 6.15. The minimum absolute atomic E-state index is 0. The van der Waals surface area contributed by atoms with Gasteiger partial charge in [0.05, 0.1) is 0 Å². The Balaban J connectivity index is 0.00000242. The first-order valence-electron chi connectivity index (χ1n) is 7.51. The predicted molar refractivity (Wildman–Crippen MR) is 92.8 cm³/mol. The standard InChI is InChI=1S/C16H23FN2OS.ClH/c17-15-7-2-1-4-13(15)11-21-9-8-19-16(20)12-5-3-6-14(18)10-12;/h1-2,4,7,12,14H,3,5-6,8-11,18H2,(H,19,20);1H. The number of nitrogens with two attached hydrogens (primary N) is 1. The van der Waals surface area contributed by atoms with Gasteiger partial charge < -0.3 is 11.1 Å². The minimum Gasteiger partial charge on any atom is -0.355 e. The number of hydrogen-bond acceptors (Lipinski definition) is 3. The van der Waals surface area contributed by atoms with Gasteiger partial charge in [0.2, 0.25) is 5.91 Å². The van der Waals surface area contributed by atoms with Crippen molar-refractivity contribution in [3.63, 3.8) is 0 Å². The molecule has 3 nitrogen and oxygen atoms in total. The number of amides is 1. The van der Waals surface area contributed by atoms with E-state index in [1.807, 2.05) is 6.07 Å². The Kier molecular flexibility index (Phi) is 8.83. The summed E-state index contributed by atoms with van der Waals surface area (Å²) in [6.45, 7) is 0.629. The van der Waals surface area contributed by atoms with Gasteiger partial charge in [-0.3, -0.25) is 4.79 Å². The van der Waals surface area contributed by atoms with Gasteiger partial charge in [-0.25, -0.2) is 4.39 Å². The molecule has 1 aliphatic carbocycles. The molecule has 22 heavy (non-hydrogen) atoms. The molecule has 0 spiro atoms. The molecule has 0 heterocycles. The van der Waals surface area contributed by atoms with E-state index in [1.54, 1.807) is 23.9 Å². The van der Waals surface area contributed by atoms with Crippen molar-refractivity contribution in [3.05, 3.63) is 35.6 Å². The van der Waals surface area contributed by atoms with Crippen molar-refractivity contribution in [3.8, 4) is 0 Å². The van der Waals surface area contributed by atoms with Crippen molar-refractivity contribution in [2.24, 2.45) is 11.7 Å². The van der Waals surface area contributed by atoms with Crippen molar-refractivity contribution < 1.29 is 9.18 Å². The summed E-state index contributed by atoms with van der Waals surface area (Å²) in [5.74, 6) is 1.46. The molecule has 0 aromatic heterocycles. The van der Waals surface area contributed by atoms with E-state index >= 15 is 0 Å². The van der Waals surface area contributed by atoms with Gasteiger partial charge in [0, 0.05) is 30.0 Å². The normalized spacial score (nSPS) is 21.0. The minimum atomic E-state index is -0.162. The molecule has 1 aromatic carbocycles. The topological polar surface area (TPSA) is 55.1 Å². The Hall–Kier alpha value is -0.780. The van der Waals surface area contributed by atoms with Crippen molar-refractivity contribution >= 4 is 30.1 Å². The van der Waals surface area contributed by atoms with Crippen LogP contribution in [0.25, 0.3) is 0 Å². The highest BCUT2D eigenvalue weighted by Crippen LogP contribution is 2.23. The molecular formula is C16H24ClFN2OS. The average molecular weight is 347 g/mol. The van der Waals surface area contributed by atoms with Crippen LogP contribution in [0.3, 0.4) is 0 Å². The maximum absolute atomic E-state index is 13.4. The summed E-state index contributed by atoms with van der Waals surface area (Å²) in [7, 11) is 0. The molecule has 0 aliphatic heterocycles. The number of rotatable bonds is 6. The largest absolute Gasteiger partial charge is 0.355 e. The molecule has 1 saturated carbocycles. The summed E-state index contributed by atoms with van der Waals surface area (Å²) in [5, 5.41) is 2.96. The average Bonchev–Trinajstić information content (AvgIpc) is 2.48. The smallest absolute Gasteiger partial charge is 0.223 e. The molecule has 2 atom stereocenters. The second-order valence-corrected chi connectivity index (χ2v) is 6.66. The zero-order valence-electron chi connectivity index (χ0n) is 12.6. The van der Waals surface area contributed by atoms with E-state index in [-0.39, 0.29) is 36.1 Å². The molecule has 2 unspecified atom stereocenters. The van der Waals surface area contributed by atoms with E-state index in [1.165, 1.54) is 6.07 Å². The molecule has 124 valence electrons. The molecule has 2 rings (SSSR count). The molecule has 3 N–H and O–H groups in total. The second-order valence-electron chi connectivity index (χ2n) is 5.56. The zero-order valence-corrected chi connectivity index (χ0v) is 14.2. The Bertz CT molecular complexity index is 475. The van der Waals surface area contributed by atoms with Crippen LogP contribution in [-0.2, 0) is 10.5 Å². The van der Waals surface area contributed by atoms with Crippen molar-refractivity contribution in [1.29, 1.82) is 0 Å². The number of halogens is 2. The van der Waals surface area contributed by atoms with E-state index in [4.69, 9.17) is 5.73 Å². The lowest BCUT2D eigenvalue weighted by Crippen LogP contribution is -2.38. The van der Waals surface area contributed by atoms with E-state index in [2.05, 4.69) is 5.32 Å². The molecule has 6 heteroatoms. The number of benzene rings is 1. The van der Waals surface area contributed by atoms with Crippen LogP contribution in [0.2, 0.25) is 0 Å². The van der Waals surface area contributed by atoms with Crippen molar-refractivity contribution in [2.45, 2.75) is 37.5 Å². The molecule has 1 amide bonds. The lowest BCUT2D eigenvalue weighted by atomic mass is 9.85. The molecule has 0 saturated heterocycles. The van der Waals surface area contributed by atoms with Crippen LogP contribution in [0.5, 0.6) is 0 Å². The molecule has 1 aliphatic rings. The van der Waals surface area contributed by atoms with Crippen LogP contribution in [0.15, 0.2) is 24.3 Å². The molecule has 0 radical (unpaired) electrons.